The Hall–Kier alpha value is 0.500. The fraction of sp³-hybridized carbons (Fsp3) is 0.917. The SMILES string of the molecule is CCCCCCCCCCCC([NH3+])=O.O=S(=O)([O-])[O-].[Na+]. The molecule has 0 aliphatic carbocycles. The molecule has 0 saturated carbocycles. The molecule has 0 aromatic carbocycles. The third-order valence-electron chi connectivity index (χ3n) is 2.56. The summed E-state index contributed by atoms with van der Waals surface area (Å²) < 4.78 is 34.1. The molecule has 0 spiro atoms. The molecule has 0 rings (SSSR count). The van der Waals surface area contributed by atoms with Gasteiger partial charge in [0.2, 0.25) is 0 Å². The van der Waals surface area contributed by atoms with Gasteiger partial charge in [-0.15, -0.1) is 0 Å². The number of rotatable bonds is 10. The molecule has 0 atom stereocenters. The van der Waals surface area contributed by atoms with E-state index in [2.05, 4.69) is 12.7 Å². The fourth-order valence-corrected chi connectivity index (χ4v) is 1.63. The second-order valence-corrected chi connectivity index (χ2v) is 5.34. The number of carbonyl (C=O) groups is 1. The first-order chi connectivity index (χ1) is 8.77. The minimum Gasteiger partial charge on any atom is -0.759 e. The van der Waals surface area contributed by atoms with Gasteiger partial charge in [-0.1, -0.05) is 58.3 Å². The van der Waals surface area contributed by atoms with Gasteiger partial charge in [-0.3, -0.25) is 14.2 Å². The van der Waals surface area contributed by atoms with E-state index in [4.69, 9.17) is 17.5 Å². The fourth-order valence-electron chi connectivity index (χ4n) is 1.63. The normalized spacial score (nSPS) is 10.2. The third-order valence-corrected chi connectivity index (χ3v) is 2.56. The van der Waals surface area contributed by atoms with Crippen LogP contribution in [0.5, 0.6) is 0 Å². The molecular weight excluding hydrogens is 293 g/mol. The molecule has 0 heterocycles. The quantitative estimate of drug-likeness (QED) is 0.223. The zero-order chi connectivity index (χ0) is 15.1. The summed E-state index contributed by atoms with van der Waals surface area (Å²) >= 11 is 0. The van der Waals surface area contributed by atoms with E-state index in [-0.39, 0.29) is 35.5 Å². The molecule has 116 valence electrons. The van der Waals surface area contributed by atoms with Gasteiger partial charge in [-0.2, -0.15) is 0 Å². The Morgan fingerprint density at radius 3 is 1.50 bits per heavy atom. The molecule has 6 nitrogen and oxygen atoms in total. The van der Waals surface area contributed by atoms with Crippen molar-refractivity contribution in [3.63, 3.8) is 0 Å². The molecule has 3 N–H and O–H groups in total. The number of amides is 1. The Morgan fingerprint density at radius 2 is 1.20 bits per heavy atom. The smallest absolute Gasteiger partial charge is 0.759 e. The molecule has 0 radical (unpaired) electrons. The first kappa shape index (κ1) is 25.5. The summed E-state index contributed by atoms with van der Waals surface area (Å²) in [6.45, 7) is 2.25. The van der Waals surface area contributed by atoms with E-state index in [9.17, 15) is 4.79 Å². The molecule has 0 bridgehead atoms. The summed E-state index contributed by atoms with van der Waals surface area (Å²) in [5.74, 6) is 0.0907. The van der Waals surface area contributed by atoms with E-state index in [1.165, 1.54) is 51.4 Å². The van der Waals surface area contributed by atoms with E-state index in [1.807, 2.05) is 0 Å². The maximum absolute atomic E-state index is 10.5. The van der Waals surface area contributed by atoms with Gasteiger partial charge in [0.1, 0.15) is 0 Å². The molecule has 0 aromatic heterocycles. The molecule has 0 unspecified atom stereocenters. The molecule has 1 amide bonds. The van der Waals surface area contributed by atoms with Gasteiger partial charge in [0.25, 0.3) is 0 Å². The molecule has 0 aliphatic rings. The Morgan fingerprint density at radius 1 is 0.900 bits per heavy atom. The molecular formula is C12H26NNaO5S. The van der Waals surface area contributed by atoms with E-state index < -0.39 is 10.4 Å². The van der Waals surface area contributed by atoms with Crippen molar-refractivity contribution in [3.8, 4) is 0 Å². The summed E-state index contributed by atoms with van der Waals surface area (Å²) in [5, 5.41) is 0. The zero-order valence-electron chi connectivity index (χ0n) is 12.7. The largest absolute Gasteiger partial charge is 1.00 e. The topological polar surface area (TPSA) is 125 Å². The average Bonchev–Trinajstić information content (AvgIpc) is 2.24. The van der Waals surface area contributed by atoms with Crippen LogP contribution < -0.4 is 35.3 Å². The van der Waals surface area contributed by atoms with Crippen LogP contribution in [0.15, 0.2) is 0 Å². The van der Waals surface area contributed by atoms with Gasteiger partial charge in [0.05, 0.1) is 6.42 Å². The van der Waals surface area contributed by atoms with E-state index in [0.29, 0.717) is 6.42 Å². The van der Waals surface area contributed by atoms with Crippen molar-refractivity contribution in [1.29, 1.82) is 0 Å². The van der Waals surface area contributed by atoms with Crippen molar-refractivity contribution in [3.05, 3.63) is 0 Å². The van der Waals surface area contributed by atoms with Crippen LogP contribution in [0.4, 0.5) is 0 Å². The van der Waals surface area contributed by atoms with Crippen LogP contribution >= 0.6 is 0 Å². The van der Waals surface area contributed by atoms with Gasteiger partial charge >= 0.3 is 35.5 Å². The predicted octanol–water partition coefficient (Wildman–Crippen LogP) is -1.66. The Bertz CT molecular complexity index is 301. The van der Waals surface area contributed by atoms with Gasteiger partial charge in [-0.25, -0.2) is 4.79 Å². The van der Waals surface area contributed by atoms with Crippen LogP contribution in [0.1, 0.15) is 71.1 Å². The molecule has 0 aliphatic heterocycles. The van der Waals surface area contributed by atoms with Crippen LogP contribution in [-0.2, 0) is 15.2 Å². The van der Waals surface area contributed by atoms with Gasteiger partial charge < -0.3 is 9.11 Å². The van der Waals surface area contributed by atoms with E-state index in [0.717, 1.165) is 6.42 Å². The van der Waals surface area contributed by atoms with Gasteiger partial charge in [0.15, 0.2) is 0 Å². The number of hydrogen-bond donors (Lipinski definition) is 1. The zero-order valence-corrected chi connectivity index (χ0v) is 15.5. The Balaban J connectivity index is -0.000000414. The summed E-state index contributed by atoms with van der Waals surface area (Å²) in [6.07, 6.45) is 12.4. The number of quaternary nitrogens is 1. The first-order valence-electron chi connectivity index (χ1n) is 6.79. The van der Waals surface area contributed by atoms with Crippen LogP contribution in [0.2, 0.25) is 0 Å². The second-order valence-electron chi connectivity index (χ2n) is 4.53. The number of carbonyl (C=O) groups excluding carboxylic acids is 1. The maximum Gasteiger partial charge on any atom is 1.00 e. The average molecular weight is 319 g/mol. The van der Waals surface area contributed by atoms with Crippen molar-refractivity contribution in [1.82, 2.24) is 0 Å². The minimum absolute atomic E-state index is 0. The molecule has 0 saturated heterocycles. The summed E-state index contributed by atoms with van der Waals surface area (Å²) in [5.41, 5.74) is 3.37. The van der Waals surface area contributed by atoms with Crippen LogP contribution in [0, 0.1) is 0 Å². The number of hydrogen-bond acceptors (Lipinski definition) is 5. The summed E-state index contributed by atoms with van der Waals surface area (Å²) in [6, 6.07) is 0. The molecule has 0 aromatic rings. The van der Waals surface area contributed by atoms with Gasteiger partial charge in [0, 0.05) is 10.4 Å². The maximum atomic E-state index is 10.5. The molecule has 8 heteroatoms. The van der Waals surface area contributed by atoms with Crippen LogP contribution in [0.3, 0.4) is 0 Å². The minimum atomic E-state index is -5.17. The predicted molar refractivity (Wildman–Crippen MR) is 70.2 cm³/mol. The van der Waals surface area contributed by atoms with Gasteiger partial charge in [-0.05, 0) is 6.42 Å². The van der Waals surface area contributed by atoms with Crippen LogP contribution in [-0.4, -0.2) is 23.4 Å². The first-order valence-corrected chi connectivity index (χ1v) is 8.12. The monoisotopic (exact) mass is 319 g/mol. The number of unbranched alkanes of at least 4 members (excludes halogenated alkanes) is 8. The van der Waals surface area contributed by atoms with Crippen molar-refractivity contribution in [2.75, 3.05) is 0 Å². The van der Waals surface area contributed by atoms with Crippen molar-refractivity contribution >= 4 is 16.3 Å². The third kappa shape index (κ3) is 42.8. The van der Waals surface area contributed by atoms with E-state index >= 15 is 0 Å². The van der Waals surface area contributed by atoms with Crippen molar-refractivity contribution in [2.24, 2.45) is 0 Å². The molecule has 0 fully saturated rings. The van der Waals surface area contributed by atoms with Crippen molar-refractivity contribution < 1.29 is 57.6 Å². The Labute approximate surface area is 144 Å². The standard InChI is InChI=1S/C12H25NO.Na.H2O4S/c1-2-3-4-5-6-7-8-9-10-11-12(13)14;;1-5(2,3)4/h2-11H2,1H3,(H2,13,14);;(H2,1,2,3,4)/q;+1;/p-1. The van der Waals surface area contributed by atoms with Crippen molar-refractivity contribution in [2.45, 2.75) is 71.1 Å². The second kappa shape index (κ2) is 17.6. The summed E-state index contributed by atoms with van der Waals surface area (Å²) in [7, 11) is -5.17. The Kier molecular flexibility index (Phi) is 22.3. The summed E-state index contributed by atoms with van der Waals surface area (Å²) in [4.78, 5) is 10.5. The molecule has 20 heavy (non-hydrogen) atoms. The van der Waals surface area contributed by atoms with E-state index in [1.54, 1.807) is 0 Å². The van der Waals surface area contributed by atoms with Crippen LogP contribution in [0.25, 0.3) is 0 Å².